The predicted molar refractivity (Wildman–Crippen MR) is 74.6 cm³/mol. The third-order valence-corrected chi connectivity index (χ3v) is 3.73. The number of nitrogens with one attached hydrogen (secondary N) is 1. The van der Waals surface area contributed by atoms with Gasteiger partial charge in [0.25, 0.3) is 5.91 Å². The second-order valence-corrected chi connectivity index (χ2v) is 5.38. The lowest BCUT2D eigenvalue weighted by atomic mass is 9.96. The van der Waals surface area contributed by atoms with Gasteiger partial charge < -0.3 is 10.2 Å². The minimum absolute atomic E-state index is 0.00779. The van der Waals surface area contributed by atoms with Crippen LogP contribution in [-0.2, 0) is 4.79 Å². The number of halogens is 1. The molecule has 0 aliphatic carbocycles. The fourth-order valence-corrected chi connectivity index (χ4v) is 2.66. The van der Waals surface area contributed by atoms with Crippen LogP contribution in [-0.4, -0.2) is 41.8 Å². The van der Waals surface area contributed by atoms with Crippen LogP contribution >= 0.6 is 15.9 Å². The van der Waals surface area contributed by atoms with Crippen LogP contribution in [0.5, 0.6) is 0 Å². The van der Waals surface area contributed by atoms with Crippen LogP contribution in [0.15, 0.2) is 22.9 Å². The zero-order valence-corrected chi connectivity index (χ0v) is 12.3. The highest BCUT2D eigenvalue weighted by Gasteiger charge is 2.28. The summed E-state index contributed by atoms with van der Waals surface area (Å²) in [6, 6.07) is 3.39. The summed E-state index contributed by atoms with van der Waals surface area (Å²) in [5.41, 5.74) is 0.597. The number of likely N-dealkylation sites (tertiary alicyclic amines) is 1. The van der Waals surface area contributed by atoms with Gasteiger partial charge in [0.15, 0.2) is 0 Å². The maximum Gasteiger partial charge on any atom is 0.254 e. The number of rotatable bonds is 2. The Labute approximate surface area is 120 Å². The fraction of sp³-hybridized carbons (Fsp3) is 0.462. The van der Waals surface area contributed by atoms with Crippen molar-refractivity contribution in [2.45, 2.75) is 12.8 Å². The average Bonchev–Trinajstić information content (AvgIpc) is 2.45. The van der Waals surface area contributed by atoms with Gasteiger partial charge in [-0.25, -0.2) is 4.98 Å². The van der Waals surface area contributed by atoms with Gasteiger partial charge in [0.05, 0.1) is 5.92 Å². The molecule has 1 N–H and O–H groups in total. The Kier molecular flexibility index (Phi) is 4.52. The fourth-order valence-electron chi connectivity index (χ4n) is 2.30. The quantitative estimate of drug-likeness (QED) is 0.837. The molecule has 1 aliphatic heterocycles. The zero-order valence-electron chi connectivity index (χ0n) is 10.7. The average molecular weight is 326 g/mol. The van der Waals surface area contributed by atoms with E-state index in [1.807, 2.05) is 0 Å². The van der Waals surface area contributed by atoms with E-state index in [9.17, 15) is 9.59 Å². The van der Waals surface area contributed by atoms with Crippen molar-refractivity contribution >= 4 is 27.7 Å². The highest BCUT2D eigenvalue weighted by molar-refractivity contribution is 9.10. The summed E-state index contributed by atoms with van der Waals surface area (Å²) in [7, 11) is 1.63. The van der Waals surface area contributed by atoms with E-state index in [0.717, 1.165) is 12.8 Å². The Morgan fingerprint density at radius 1 is 1.53 bits per heavy atom. The minimum atomic E-state index is -0.104. The summed E-state index contributed by atoms with van der Waals surface area (Å²) >= 11 is 3.25. The minimum Gasteiger partial charge on any atom is -0.359 e. The molecular formula is C13H16BrN3O2. The van der Waals surface area contributed by atoms with E-state index in [4.69, 9.17) is 0 Å². The molecule has 1 aliphatic rings. The largest absolute Gasteiger partial charge is 0.359 e. The first-order chi connectivity index (χ1) is 9.11. The Balaban J connectivity index is 2.09. The molecule has 2 heterocycles. The second kappa shape index (κ2) is 6.14. The van der Waals surface area contributed by atoms with Crippen molar-refractivity contribution in [3.05, 3.63) is 28.5 Å². The van der Waals surface area contributed by atoms with E-state index in [1.54, 1.807) is 30.3 Å². The molecule has 2 rings (SSSR count). The van der Waals surface area contributed by atoms with Gasteiger partial charge in [0.1, 0.15) is 4.60 Å². The predicted octanol–water partition coefficient (Wildman–Crippen LogP) is 1.44. The molecule has 1 aromatic heterocycles. The first-order valence-corrected chi connectivity index (χ1v) is 7.03. The highest BCUT2D eigenvalue weighted by Crippen LogP contribution is 2.19. The van der Waals surface area contributed by atoms with Gasteiger partial charge in [-0.15, -0.1) is 0 Å². The van der Waals surface area contributed by atoms with E-state index in [1.165, 1.54) is 0 Å². The smallest absolute Gasteiger partial charge is 0.254 e. The van der Waals surface area contributed by atoms with Crippen molar-refractivity contribution in [3.8, 4) is 0 Å². The number of nitrogens with zero attached hydrogens (tertiary/aromatic N) is 2. The van der Waals surface area contributed by atoms with E-state index in [0.29, 0.717) is 23.3 Å². The van der Waals surface area contributed by atoms with E-state index >= 15 is 0 Å². The summed E-state index contributed by atoms with van der Waals surface area (Å²) in [5, 5.41) is 2.65. The molecule has 1 fully saturated rings. The van der Waals surface area contributed by atoms with E-state index in [-0.39, 0.29) is 17.7 Å². The zero-order chi connectivity index (χ0) is 13.8. The maximum absolute atomic E-state index is 12.4. The van der Waals surface area contributed by atoms with E-state index in [2.05, 4.69) is 26.2 Å². The molecule has 0 radical (unpaired) electrons. The van der Waals surface area contributed by atoms with E-state index < -0.39 is 0 Å². The lowest BCUT2D eigenvalue weighted by Crippen LogP contribution is -2.44. The normalized spacial score (nSPS) is 19.1. The number of carbonyl (C=O) groups is 2. The lowest BCUT2D eigenvalue weighted by molar-refractivity contribution is -0.125. The Morgan fingerprint density at radius 3 is 3.00 bits per heavy atom. The second-order valence-electron chi connectivity index (χ2n) is 4.57. The molecule has 0 bridgehead atoms. The van der Waals surface area contributed by atoms with Crippen LogP contribution in [0.3, 0.4) is 0 Å². The summed E-state index contributed by atoms with van der Waals surface area (Å²) in [6.45, 7) is 1.19. The Bertz CT molecular complexity index is 493. The molecule has 1 unspecified atom stereocenters. The lowest BCUT2D eigenvalue weighted by Gasteiger charge is -2.31. The van der Waals surface area contributed by atoms with Gasteiger partial charge >= 0.3 is 0 Å². The van der Waals surface area contributed by atoms with Crippen LogP contribution in [0.25, 0.3) is 0 Å². The van der Waals surface area contributed by atoms with Crippen molar-refractivity contribution < 1.29 is 9.59 Å². The van der Waals surface area contributed by atoms with Gasteiger partial charge in [-0.2, -0.15) is 0 Å². The standard InChI is InChI=1S/C13H16BrN3O2/c1-15-12(18)10-3-2-6-17(8-10)13(19)9-4-5-16-11(14)7-9/h4-5,7,10H,2-3,6,8H2,1H3,(H,15,18). The number of carbonyl (C=O) groups excluding carboxylic acids is 2. The topological polar surface area (TPSA) is 62.3 Å². The molecule has 0 saturated carbocycles. The van der Waals surface area contributed by atoms with Crippen LogP contribution in [0, 0.1) is 5.92 Å². The van der Waals surface area contributed by atoms with Crippen molar-refractivity contribution in [2.75, 3.05) is 20.1 Å². The summed E-state index contributed by atoms with van der Waals surface area (Å²) in [5.74, 6) is -0.141. The molecule has 19 heavy (non-hydrogen) atoms. The first-order valence-electron chi connectivity index (χ1n) is 6.24. The highest BCUT2D eigenvalue weighted by atomic mass is 79.9. The number of amides is 2. The number of aromatic nitrogens is 1. The van der Waals surface area contributed by atoms with Crippen molar-refractivity contribution in [2.24, 2.45) is 5.92 Å². The van der Waals surface area contributed by atoms with Crippen LogP contribution in [0.2, 0.25) is 0 Å². The van der Waals surface area contributed by atoms with Crippen LogP contribution in [0.4, 0.5) is 0 Å². The summed E-state index contributed by atoms with van der Waals surface area (Å²) < 4.78 is 0.637. The molecule has 2 amide bonds. The molecule has 1 atom stereocenters. The molecule has 102 valence electrons. The van der Waals surface area contributed by atoms with Gasteiger partial charge in [-0.3, -0.25) is 9.59 Å². The first kappa shape index (κ1) is 14.0. The van der Waals surface area contributed by atoms with Gasteiger partial charge in [0, 0.05) is 31.9 Å². The number of pyridine rings is 1. The molecule has 6 heteroatoms. The maximum atomic E-state index is 12.4. The summed E-state index contributed by atoms with van der Waals surface area (Å²) in [6.07, 6.45) is 3.29. The van der Waals surface area contributed by atoms with Crippen molar-refractivity contribution in [3.63, 3.8) is 0 Å². The molecular weight excluding hydrogens is 310 g/mol. The molecule has 0 aromatic carbocycles. The number of hydrogen-bond donors (Lipinski definition) is 1. The monoisotopic (exact) mass is 325 g/mol. The van der Waals surface area contributed by atoms with Gasteiger partial charge in [-0.05, 0) is 40.9 Å². The molecule has 5 nitrogen and oxygen atoms in total. The van der Waals surface area contributed by atoms with Crippen LogP contribution < -0.4 is 5.32 Å². The molecule has 1 saturated heterocycles. The van der Waals surface area contributed by atoms with Gasteiger partial charge in [-0.1, -0.05) is 0 Å². The van der Waals surface area contributed by atoms with Crippen molar-refractivity contribution in [1.82, 2.24) is 15.2 Å². The third-order valence-electron chi connectivity index (χ3n) is 3.30. The van der Waals surface area contributed by atoms with Gasteiger partial charge in [0.2, 0.25) is 5.91 Å². The van der Waals surface area contributed by atoms with Crippen molar-refractivity contribution in [1.29, 1.82) is 0 Å². The number of hydrogen-bond acceptors (Lipinski definition) is 3. The molecule has 1 aromatic rings. The SMILES string of the molecule is CNC(=O)C1CCCN(C(=O)c2ccnc(Br)c2)C1. The molecule has 0 spiro atoms. The van der Waals surface area contributed by atoms with Crippen LogP contribution in [0.1, 0.15) is 23.2 Å². The number of piperidine rings is 1. The third kappa shape index (κ3) is 3.32. The summed E-state index contributed by atoms with van der Waals surface area (Å²) in [4.78, 5) is 29.8. The Hall–Kier alpha value is -1.43. The Morgan fingerprint density at radius 2 is 2.32 bits per heavy atom.